The van der Waals surface area contributed by atoms with Crippen molar-refractivity contribution in [1.82, 2.24) is 10.2 Å². The first-order valence-corrected chi connectivity index (χ1v) is 12.8. The van der Waals surface area contributed by atoms with Gasteiger partial charge in [-0.3, -0.25) is 9.59 Å². The van der Waals surface area contributed by atoms with Gasteiger partial charge in [0.2, 0.25) is 11.8 Å². The van der Waals surface area contributed by atoms with Crippen molar-refractivity contribution in [3.63, 3.8) is 0 Å². The van der Waals surface area contributed by atoms with Crippen LogP contribution >= 0.6 is 23.2 Å². The minimum absolute atomic E-state index is 0.128. The lowest BCUT2D eigenvalue weighted by atomic mass is 9.95. The summed E-state index contributed by atoms with van der Waals surface area (Å²) in [6.07, 6.45) is 6.14. The lowest BCUT2D eigenvalue weighted by Crippen LogP contribution is -2.50. The van der Waals surface area contributed by atoms with E-state index in [1.807, 2.05) is 18.2 Å². The highest BCUT2D eigenvalue weighted by Gasteiger charge is 2.28. The van der Waals surface area contributed by atoms with Gasteiger partial charge < -0.3 is 19.7 Å². The molecule has 0 bridgehead atoms. The van der Waals surface area contributed by atoms with Crippen LogP contribution in [0.1, 0.15) is 56.6 Å². The van der Waals surface area contributed by atoms with Gasteiger partial charge >= 0.3 is 0 Å². The Labute approximate surface area is 217 Å². The molecule has 0 spiro atoms. The zero-order chi connectivity index (χ0) is 25.4. The molecule has 1 aliphatic rings. The van der Waals surface area contributed by atoms with Crippen LogP contribution in [0.4, 0.5) is 0 Å². The topological polar surface area (TPSA) is 67.9 Å². The molecule has 8 heteroatoms. The zero-order valence-corrected chi connectivity index (χ0v) is 22.1. The number of aryl methyl sites for hydroxylation is 1. The van der Waals surface area contributed by atoms with Crippen LogP contribution in [0.3, 0.4) is 0 Å². The minimum Gasteiger partial charge on any atom is -0.493 e. The van der Waals surface area contributed by atoms with Gasteiger partial charge in [-0.2, -0.15) is 0 Å². The first kappa shape index (κ1) is 27.2. The number of benzene rings is 2. The molecule has 6 nitrogen and oxygen atoms in total. The maximum absolute atomic E-state index is 13.4. The summed E-state index contributed by atoms with van der Waals surface area (Å²) in [6, 6.07) is 10.3. The fraction of sp³-hybridized carbons (Fsp3) is 0.481. The van der Waals surface area contributed by atoms with Crippen LogP contribution in [0.15, 0.2) is 36.4 Å². The number of halogens is 2. The highest BCUT2D eigenvalue weighted by atomic mass is 35.5. The number of ether oxygens (including phenoxy) is 2. The summed E-state index contributed by atoms with van der Waals surface area (Å²) in [5.41, 5.74) is 1.69. The third-order valence-electron chi connectivity index (χ3n) is 6.55. The van der Waals surface area contributed by atoms with Crippen molar-refractivity contribution < 1.29 is 19.1 Å². The van der Waals surface area contributed by atoms with Gasteiger partial charge in [-0.15, -0.1) is 0 Å². The Bertz CT molecular complexity index is 1020. The highest BCUT2D eigenvalue weighted by Crippen LogP contribution is 2.28. The van der Waals surface area contributed by atoms with E-state index in [9.17, 15) is 9.59 Å². The summed E-state index contributed by atoms with van der Waals surface area (Å²) < 4.78 is 10.7. The molecule has 1 saturated carbocycles. The molecule has 0 heterocycles. The van der Waals surface area contributed by atoms with Gasteiger partial charge in [-0.05, 0) is 61.6 Å². The van der Waals surface area contributed by atoms with E-state index in [0.717, 1.165) is 36.8 Å². The number of hydrogen-bond donors (Lipinski definition) is 1. The molecule has 1 aliphatic carbocycles. The molecular weight excluding hydrogens is 487 g/mol. The van der Waals surface area contributed by atoms with Gasteiger partial charge in [-0.25, -0.2) is 0 Å². The van der Waals surface area contributed by atoms with Crippen LogP contribution in [-0.2, 0) is 22.6 Å². The molecule has 1 N–H and O–H groups in total. The summed E-state index contributed by atoms with van der Waals surface area (Å²) in [5, 5.41) is 4.14. The van der Waals surface area contributed by atoms with Crippen molar-refractivity contribution in [2.75, 3.05) is 14.2 Å². The van der Waals surface area contributed by atoms with Crippen molar-refractivity contribution in [3.05, 3.63) is 57.6 Å². The monoisotopic (exact) mass is 520 g/mol. The summed E-state index contributed by atoms with van der Waals surface area (Å²) in [6.45, 7) is 2.00. The van der Waals surface area contributed by atoms with Crippen molar-refractivity contribution >= 4 is 35.0 Å². The Morgan fingerprint density at radius 3 is 2.40 bits per heavy atom. The summed E-state index contributed by atoms with van der Waals surface area (Å²) in [4.78, 5) is 28.2. The molecule has 2 aromatic rings. The van der Waals surface area contributed by atoms with E-state index in [1.54, 1.807) is 44.2 Å². The van der Waals surface area contributed by atoms with Gasteiger partial charge in [0.15, 0.2) is 11.5 Å². The minimum atomic E-state index is -0.637. The lowest BCUT2D eigenvalue weighted by Gasteiger charge is -2.31. The Morgan fingerprint density at radius 2 is 1.74 bits per heavy atom. The van der Waals surface area contributed by atoms with E-state index in [1.165, 1.54) is 6.42 Å². The number of nitrogens with one attached hydrogen (secondary N) is 1. The van der Waals surface area contributed by atoms with Gasteiger partial charge in [0, 0.05) is 29.1 Å². The second-order valence-electron chi connectivity index (χ2n) is 8.97. The predicted molar refractivity (Wildman–Crippen MR) is 139 cm³/mol. The maximum Gasteiger partial charge on any atom is 0.242 e. The Morgan fingerprint density at radius 1 is 1.03 bits per heavy atom. The number of hydrogen-bond acceptors (Lipinski definition) is 4. The van der Waals surface area contributed by atoms with Crippen LogP contribution in [0, 0.1) is 0 Å². The second-order valence-corrected chi connectivity index (χ2v) is 9.81. The average Bonchev–Trinajstić information content (AvgIpc) is 2.86. The molecule has 190 valence electrons. The summed E-state index contributed by atoms with van der Waals surface area (Å²) >= 11 is 12.5. The van der Waals surface area contributed by atoms with E-state index >= 15 is 0 Å². The molecule has 0 aliphatic heterocycles. The van der Waals surface area contributed by atoms with E-state index < -0.39 is 6.04 Å². The summed E-state index contributed by atoms with van der Waals surface area (Å²) in [7, 11) is 3.16. The van der Waals surface area contributed by atoms with Gasteiger partial charge in [0.25, 0.3) is 0 Å². The van der Waals surface area contributed by atoms with Crippen molar-refractivity contribution in [1.29, 1.82) is 0 Å². The quantitative estimate of drug-likeness (QED) is 0.429. The SMILES string of the molecule is COc1ccc(CCC(=O)N(Cc2ccc(Cl)cc2Cl)C(C)C(=O)NC2CCCCC2)cc1OC. The van der Waals surface area contributed by atoms with Crippen LogP contribution in [0.5, 0.6) is 11.5 Å². The highest BCUT2D eigenvalue weighted by molar-refractivity contribution is 6.35. The Kier molecular flexibility index (Phi) is 10.1. The number of amides is 2. The van der Waals surface area contributed by atoms with E-state index in [0.29, 0.717) is 28.0 Å². The molecule has 0 radical (unpaired) electrons. The zero-order valence-electron chi connectivity index (χ0n) is 20.6. The van der Waals surface area contributed by atoms with Gasteiger partial charge in [0.05, 0.1) is 14.2 Å². The predicted octanol–water partition coefficient (Wildman–Crippen LogP) is 5.81. The third-order valence-corrected chi connectivity index (χ3v) is 7.14. The number of carbonyl (C=O) groups is 2. The van der Waals surface area contributed by atoms with Crippen molar-refractivity contribution in [2.24, 2.45) is 0 Å². The molecule has 2 aromatic carbocycles. The Balaban J connectivity index is 1.75. The third kappa shape index (κ3) is 7.52. The molecule has 35 heavy (non-hydrogen) atoms. The normalized spacial score (nSPS) is 14.8. The van der Waals surface area contributed by atoms with Gasteiger partial charge in [0.1, 0.15) is 6.04 Å². The van der Waals surface area contributed by atoms with Crippen LogP contribution in [0.25, 0.3) is 0 Å². The van der Waals surface area contributed by atoms with E-state index in [4.69, 9.17) is 32.7 Å². The second kappa shape index (κ2) is 13.0. The molecule has 3 rings (SSSR count). The molecule has 0 saturated heterocycles. The molecule has 1 unspecified atom stereocenters. The van der Waals surface area contributed by atoms with Crippen LogP contribution in [0.2, 0.25) is 10.0 Å². The molecule has 1 atom stereocenters. The standard InChI is InChI=1S/C27H34Cl2N2O4/c1-18(27(33)30-22-7-5-4-6-8-22)31(17-20-11-12-21(28)16-23(20)29)26(32)14-10-19-9-13-24(34-2)25(15-19)35-3/h9,11-13,15-16,18,22H,4-8,10,14,17H2,1-3H3,(H,30,33). The van der Waals surface area contributed by atoms with E-state index in [-0.39, 0.29) is 30.8 Å². The first-order chi connectivity index (χ1) is 16.8. The van der Waals surface area contributed by atoms with Crippen molar-refractivity contribution in [2.45, 2.75) is 70.5 Å². The number of rotatable bonds is 10. The number of nitrogens with zero attached hydrogens (tertiary/aromatic N) is 1. The maximum atomic E-state index is 13.4. The van der Waals surface area contributed by atoms with Crippen molar-refractivity contribution in [3.8, 4) is 11.5 Å². The van der Waals surface area contributed by atoms with Gasteiger partial charge in [-0.1, -0.05) is 54.6 Å². The fourth-order valence-corrected chi connectivity index (χ4v) is 4.88. The van der Waals surface area contributed by atoms with Crippen LogP contribution < -0.4 is 14.8 Å². The summed E-state index contributed by atoms with van der Waals surface area (Å²) in [5.74, 6) is 0.982. The Hall–Kier alpha value is -2.44. The molecule has 0 aromatic heterocycles. The van der Waals surface area contributed by atoms with E-state index in [2.05, 4.69) is 5.32 Å². The average molecular weight is 521 g/mol. The molecular formula is C27H34Cl2N2O4. The lowest BCUT2D eigenvalue weighted by molar-refractivity contribution is -0.141. The number of methoxy groups -OCH3 is 2. The molecule has 2 amide bonds. The largest absolute Gasteiger partial charge is 0.493 e. The number of carbonyl (C=O) groups excluding carboxylic acids is 2. The van der Waals surface area contributed by atoms with Crippen LogP contribution in [-0.4, -0.2) is 43.0 Å². The molecule has 1 fully saturated rings. The smallest absolute Gasteiger partial charge is 0.242 e. The fourth-order valence-electron chi connectivity index (χ4n) is 4.42. The first-order valence-electron chi connectivity index (χ1n) is 12.1.